The highest BCUT2D eigenvalue weighted by molar-refractivity contribution is 6.30. The van der Waals surface area contributed by atoms with Crippen LogP contribution in [0.1, 0.15) is 31.2 Å². The van der Waals surface area contributed by atoms with Crippen LogP contribution in [-0.2, 0) is 11.3 Å². The third-order valence-electron chi connectivity index (χ3n) is 3.91. The zero-order chi connectivity index (χ0) is 15.3. The summed E-state index contributed by atoms with van der Waals surface area (Å²) in [5.41, 5.74) is 0.412. The lowest BCUT2D eigenvalue weighted by molar-refractivity contribution is -0.122. The summed E-state index contributed by atoms with van der Waals surface area (Å²) in [5, 5.41) is 13.9. The molecule has 116 valence electrons. The third kappa shape index (κ3) is 5.30. The van der Waals surface area contributed by atoms with E-state index >= 15 is 0 Å². The van der Waals surface area contributed by atoms with Gasteiger partial charge in [-0.15, -0.1) is 0 Å². The molecular weight excluding hydrogens is 288 g/mol. The van der Waals surface area contributed by atoms with E-state index in [1.54, 1.807) is 0 Å². The molecule has 0 heterocycles. The summed E-state index contributed by atoms with van der Waals surface area (Å²) in [6.07, 6.45) is 3.83. The predicted octanol–water partition coefficient (Wildman–Crippen LogP) is 2.19. The number of benzene rings is 1. The number of amides is 1. The van der Waals surface area contributed by atoms with Crippen LogP contribution in [0.15, 0.2) is 24.3 Å². The lowest BCUT2D eigenvalue weighted by Gasteiger charge is -2.28. The van der Waals surface area contributed by atoms with Gasteiger partial charge in [0.2, 0.25) is 5.91 Å². The fourth-order valence-corrected chi connectivity index (χ4v) is 2.98. The molecule has 0 atom stereocenters. The number of hydrogen-bond donors (Lipinski definition) is 2. The minimum atomic E-state index is -0.606. The summed E-state index contributed by atoms with van der Waals surface area (Å²) in [6.45, 7) is 1.35. The molecule has 0 bridgehead atoms. The van der Waals surface area contributed by atoms with Gasteiger partial charge in [-0.1, -0.05) is 36.6 Å². The van der Waals surface area contributed by atoms with Gasteiger partial charge in [0.15, 0.2) is 0 Å². The molecule has 1 fully saturated rings. The smallest absolute Gasteiger partial charge is 0.234 e. The first-order valence-corrected chi connectivity index (χ1v) is 7.77. The van der Waals surface area contributed by atoms with Crippen molar-refractivity contribution < 1.29 is 9.90 Å². The number of hydrogen-bond acceptors (Lipinski definition) is 3. The first kappa shape index (κ1) is 16.3. The van der Waals surface area contributed by atoms with Crippen molar-refractivity contribution >= 4 is 17.5 Å². The normalized spacial score (nSPS) is 17.1. The van der Waals surface area contributed by atoms with E-state index in [0.29, 0.717) is 24.7 Å². The molecule has 0 saturated heterocycles. The topological polar surface area (TPSA) is 52.6 Å². The van der Waals surface area contributed by atoms with Crippen LogP contribution < -0.4 is 5.32 Å². The van der Waals surface area contributed by atoms with Crippen molar-refractivity contribution in [3.63, 3.8) is 0 Å². The Labute approximate surface area is 131 Å². The number of carbonyl (C=O) groups is 1. The van der Waals surface area contributed by atoms with Crippen molar-refractivity contribution in [1.29, 1.82) is 0 Å². The molecule has 1 aromatic rings. The third-order valence-corrected chi connectivity index (χ3v) is 4.17. The van der Waals surface area contributed by atoms with E-state index in [-0.39, 0.29) is 5.91 Å². The lowest BCUT2D eigenvalue weighted by atomic mass is 10.0. The summed E-state index contributed by atoms with van der Waals surface area (Å²) in [4.78, 5) is 13.8. The fraction of sp³-hybridized carbons (Fsp3) is 0.562. The molecule has 0 aromatic heterocycles. The molecule has 1 aliphatic carbocycles. The summed E-state index contributed by atoms with van der Waals surface area (Å²) in [7, 11) is 1.87. The molecule has 2 N–H and O–H groups in total. The van der Waals surface area contributed by atoms with Crippen LogP contribution in [0.5, 0.6) is 0 Å². The Morgan fingerprint density at radius 3 is 2.57 bits per heavy atom. The number of carbonyl (C=O) groups excluding carboxylic acids is 1. The first-order chi connectivity index (χ1) is 9.97. The maximum absolute atomic E-state index is 11.9. The molecule has 1 aromatic carbocycles. The largest absolute Gasteiger partial charge is 0.389 e. The molecule has 4 nitrogen and oxygen atoms in total. The van der Waals surface area contributed by atoms with Crippen molar-refractivity contribution in [2.75, 3.05) is 20.1 Å². The van der Waals surface area contributed by atoms with E-state index in [4.69, 9.17) is 11.6 Å². The van der Waals surface area contributed by atoms with Crippen molar-refractivity contribution in [1.82, 2.24) is 10.2 Å². The van der Waals surface area contributed by atoms with Gasteiger partial charge in [0.25, 0.3) is 0 Å². The Bertz CT molecular complexity index is 470. The number of nitrogens with one attached hydrogen (secondary N) is 1. The van der Waals surface area contributed by atoms with E-state index in [0.717, 1.165) is 31.2 Å². The van der Waals surface area contributed by atoms with E-state index in [1.807, 2.05) is 36.2 Å². The number of likely N-dealkylation sites (N-methyl/N-ethyl adjacent to an activating group) is 1. The van der Waals surface area contributed by atoms with E-state index in [9.17, 15) is 9.90 Å². The Hall–Kier alpha value is -1.10. The van der Waals surface area contributed by atoms with E-state index in [2.05, 4.69) is 5.32 Å². The second kappa shape index (κ2) is 7.25. The van der Waals surface area contributed by atoms with Crippen LogP contribution in [0, 0.1) is 0 Å². The molecule has 2 rings (SSSR count). The van der Waals surface area contributed by atoms with Gasteiger partial charge in [0.1, 0.15) is 0 Å². The quantitative estimate of drug-likeness (QED) is 0.847. The van der Waals surface area contributed by atoms with Gasteiger partial charge in [0.05, 0.1) is 12.1 Å². The minimum Gasteiger partial charge on any atom is -0.389 e. The second-order valence-corrected chi connectivity index (χ2v) is 6.44. The van der Waals surface area contributed by atoms with Crippen molar-refractivity contribution in [3.8, 4) is 0 Å². The first-order valence-electron chi connectivity index (χ1n) is 7.39. The molecule has 1 aliphatic rings. The van der Waals surface area contributed by atoms with Gasteiger partial charge in [-0.3, -0.25) is 9.69 Å². The average Bonchev–Trinajstić information content (AvgIpc) is 2.84. The Kier molecular flexibility index (Phi) is 5.62. The fourth-order valence-electron chi connectivity index (χ4n) is 2.85. The van der Waals surface area contributed by atoms with Crippen molar-refractivity contribution in [3.05, 3.63) is 34.9 Å². The van der Waals surface area contributed by atoms with E-state index in [1.165, 1.54) is 0 Å². The number of aliphatic hydroxyl groups is 1. The highest BCUT2D eigenvalue weighted by Gasteiger charge is 2.32. The standard InChI is InChI=1S/C16H23ClN2O2/c1-19(12-16(21)8-2-3-9-16)11-15(20)18-10-13-4-6-14(17)7-5-13/h4-7,21H,2-3,8-12H2,1H3,(H,18,20). The summed E-state index contributed by atoms with van der Waals surface area (Å²) in [6, 6.07) is 7.41. The van der Waals surface area contributed by atoms with E-state index < -0.39 is 5.60 Å². The van der Waals surface area contributed by atoms with Gasteiger partial charge in [0, 0.05) is 18.1 Å². The second-order valence-electron chi connectivity index (χ2n) is 6.01. The van der Waals surface area contributed by atoms with Crippen molar-refractivity contribution in [2.24, 2.45) is 0 Å². The maximum atomic E-state index is 11.9. The monoisotopic (exact) mass is 310 g/mol. The molecule has 0 unspecified atom stereocenters. The van der Waals surface area contributed by atoms with Gasteiger partial charge in [-0.2, -0.15) is 0 Å². The molecule has 1 amide bonds. The highest BCUT2D eigenvalue weighted by Crippen LogP contribution is 2.29. The number of rotatable bonds is 6. The Balaban J connectivity index is 1.72. The summed E-state index contributed by atoms with van der Waals surface area (Å²) >= 11 is 5.82. The van der Waals surface area contributed by atoms with Crippen LogP contribution in [0.3, 0.4) is 0 Å². The molecule has 5 heteroatoms. The van der Waals surface area contributed by atoms with Crippen LogP contribution in [-0.4, -0.2) is 41.7 Å². The highest BCUT2D eigenvalue weighted by atomic mass is 35.5. The van der Waals surface area contributed by atoms with Crippen LogP contribution in [0.4, 0.5) is 0 Å². The summed E-state index contributed by atoms with van der Waals surface area (Å²) < 4.78 is 0. The maximum Gasteiger partial charge on any atom is 0.234 e. The summed E-state index contributed by atoms with van der Waals surface area (Å²) in [5.74, 6) is -0.0333. The molecule has 1 saturated carbocycles. The lowest BCUT2D eigenvalue weighted by Crippen LogP contribution is -2.43. The van der Waals surface area contributed by atoms with Gasteiger partial charge < -0.3 is 10.4 Å². The molecule has 0 spiro atoms. The molecule has 0 aliphatic heterocycles. The van der Waals surface area contributed by atoms with Gasteiger partial charge in [-0.05, 0) is 37.6 Å². The zero-order valence-electron chi connectivity index (χ0n) is 12.4. The van der Waals surface area contributed by atoms with Crippen molar-refractivity contribution in [2.45, 2.75) is 37.8 Å². The van der Waals surface area contributed by atoms with Crippen LogP contribution in [0.25, 0.3) is 0 Å². The minimum absolute atomic E-state index is 0.0333. The zero-order valence-corrected chi connectivity index (χ0v) is 13.2. The number of nitrogens with zero attached hydrogens (tertiary/aromatic N) is 1. The van der Waals surface area contributed by atoms with Gasteiger partial charge >= 0.3 is 0 Å². The Morgan fingerprint density at radius 2 is 1.95 bits per heavy atom. The van der Waals surface area contributed by atoms with Crippen LogP contribution >= 0.6 is 11.6 Å². The Morgan fingerprint density at radius 1 is 1.33 bits per heavy atom. The SMILES string of the molecule is CN(CC(=O)NCc1ccc(Cl)cc1)CC1(O)CCCC1. The predicted molar refractivity (Wildman–Crippen MR) is 84.2 cm³/mol. The molecular formula is C16H23ClN2O2. The van der Waals surface area contributed by atoms with Crippen LogP contribution in [0.2, 0.25) is 5.02 Å². The average molecular weight is 311 g/mol. The molecule has 21 heavy (non-hydrogen) atoms. The van der Waals surface area contributed by atoms with Gasteiger partial charge in [-0.25, -0.2) is 0 Å². The number of halogens is 1. The molecule has 0 radical (unpaired) electrons.